The van der Waals surface area contributed by atoms with E-state index in [-0.39, 0.29) is 11.4 Å². The number of carbonyl (C=O) groups is 1. The van der Waals surface area contributed by atoms with E-state index in [1.165, 1.54) is 36.0 Å². The highest BCUT2D eigenvalue weighted by Gasteiger charge is 2.37. The predicted octanol–water partition coefficient (Wildman–Crippen LogP) is 4.54. The second-order valence-corrected chi connectivity index (χ2v) is 7.77. The Hall–Kier alpha value is -1.92. The van der Waals surface area contributed by atoms with Gasteiger partial charge in [-0.1, -0.05) is 43.0 Å². The van der Waals surface area contributed by atoms with Crippen molar-refractivity contribution in [2.45, 2.75) is 32.1 Å². The molecule has 1 aromatic carbocycles. The lowest BCUT2D eigenvalue weighted by atomic mass is 9.90. The molecule has 0 atom stereocenters. The molecule has 1 saturated carbocycles. The molecular formula is C18H17ClN4OS. The van der Waals surface area contributed by atoms with E-state index >= 15 is 0 Å². The standard InChI is InChI=1S/C18H17ClN4OS/c19-13-8-6-11(7-9-13)10-14-15(20)23-18(21-16(14)24)25-17(22-23)12-4-2-1-3-5-12/h6-10,12,20H,1-5H2/b14-10-,20-15?. The number of hydrogen-bond acceptors (Lipinski definition) is 4. The molecule has 1 fully saturated rings. The fraction of sp³-hybridized carbons (Fsp3) is 0.333. The second kappa shape index (κ2) is 6.77. The number of carbonyl (C=O) groups excluding carboxylic acids is 1. The van der Waals surface area contributed by atoms with Gasteiger partial charge in [0.25, 0.3) is 5.91 Å². The third-order valence-electron chi connectivity index (χ3n) is 4.61. The summed E-state index contributed by atoms with van der Waals surface area (Å²) >= 11 is 7.33. The second-order valence-electron chi connectivity index (χ2n) is 6.34. The van der Waals surface area contributed by atoms with Gasteiger partial charge in [0.05, 0.1) is 5.57 Å². The summed E-state index contributed by atoms with van der Waals surface area (Å²) in [7, 11) is 0. The molecule has 1 amide bonds. The highest BCUT2D eigenvalue weighted by Crippen LogP contribution is 2.36. The average Bonchev–Trinajstić information content (AvgIpc) is 3.05. The van der Waals surface area contributed by atoms with Crippen molar-refractivity contribution in [1.82, 2.24) is 5.01 Å². The lowest BCUT2D eigenvalue weighted by Crippen LogP contribution is -2.35. The van der Waals surface area contributed by atoms with Crippen LogP contribution in [0.4, 0.5) is 0 Å². The fourth-order valence-corrected chi connectivity index (χ4v) is 4.43. The Morgan fingerprint density at radius 2 is 1.92 bits per heavy atom. The van der Waals surface area contributed by atoms with Gasteiger partial charge in [-0.25, -0.2) is 0 Å². The van der Waals surface area contributed by atoms with Gasteiger partial charge in [-0.05, 0) is 48.4 Å². The Bertz CT molecular complexity index is 822. The summed E-state index contributed by atoms with van der Waals surface area (Å²) in [6, 6.07) is 7.13. The molecule has 0 spiro atoms. The topological polar surface area (TPSA) is 68.9 Å². The fourth-order valence-electron chi connectivity index (χ4n) is 3.25. The van der Waals surface area contributed by atoms with Crippen LogP contribution in [0, 0.1) is 11.3 Å². The summed E-state index contributed by atoms with van der Waals surface area (Å²) in [6.07, 6.45) is 7.63. The molecule has 1 aliphatic carbocycles. The Morgan fingerprint density at radius 1 is 1.20 bits per heavy atom. The quantitative estimate of drug-likeness (QED) is 0.775. The third-order valence-corrected chi connectivity index (χ3v) is 5.93. The van der Waals surface area contributed by atoms with Crippen molar-refractivity contribution in [3.63, 3.8) is 0 Å². The number of benzene rings is 1. The molecule has 25 heavy (non-hydrogen) atoms. The van der Waals surface area contributed by atoms with Crippen molar-refractivity contribution < 1.29 is 4.79 Å². The zero-order valence-corrected chi connectivity index (χ0v) is 15.1. The molecule has 2 aliphatic heterocycles. The number of nitrogens with one attached hydrogen (secondary N) is 1. The zero-order valence-electron chi connectivity index (χ0n) is 13.5. The monoisotopic (exact) mass is 372 g/mol. The van der Waals surface area contributed by atoms with Crippen LogP contribution in [-0.2, 0) is 4.79 Å². The van der Waals surface area contributed by atoms with Gasteiger partial charge in [-0.2, -0.15) is 15.1 Å². The maximum Gasteiger partial charge on any atom is 0.283 e. The van der Waals surface area contributed by atoms with Crippen LogP contribution >= 0.6 is 23.4 Å². The minimum absolute atomic E-state index is 0.0864. The molecule has 0 radical (unpaired) electrons. The molecule has 128 valence electrons. The summed E-state index contributed by atoms with van der Waals surface area (Å²) in [5, 5.41) is 16.6. The van der Waals surface area contributed by atoms with E-state index in [4.69, 9.17) is 17.0 Å². The largest absolute Gasteiger partial charge is 0.283 e. The van der Waals surface area contributed by atoms with Gasteiger partial charge in [-0.15, -0.1) is 0 Å². The third kappa shape index (κ3) is 3.28. The molecule has 2 heterocycles. The number of amides is 1. The minimum Gasteiger partial charge on any atom is -0.282 e. The number of nitrogens with zero attached hydrogens (tertiary/aromatic N) is 3. The molecule has 1 N–H and O–H groups in total. The van der Waals surface area contributed by atoms with Gasteiger partial charge in [0, 0.05) is 10.9 Å². The molecule has 5 nitrogen and oxygen atoms in total. The van der Waals surface area contributed by atoms with Crippen LogP contribution in [0.15, 0.2) is 39.9 Å². The van der Waals surface area contributed by atoms with E-state index in [0.29, 0.717) is 16.1 Å². The Labute approximate surface area is 155 Å². The average molecular weight is 373 g/mol. The summed E-state index contributed by atoms with van der Waals surface area (Å²) < 4.78 is 0. The number of amidine groups is 2. The number of rotatable bonds is 2. The van der Waals surface area contributed by atoms with E-state index in [9.17, 15) is 4.79 Å². The van der Waals surface area contributed by atoms with Crippen LogP contribution in [0.25, 0.3) is 6.08 Å². The molecule has 3 aliphatic rings. The summed E-state index contributed by atoms with van der Waals surface area (Å²) in [5.41, 5.74) is 1.06. The van der Waals surface area contributed by atoms with Crippen molar-refractivity contribution in [2.24, 2.45) is 16.0 Å². The van der Waals surface area contributed by atoms with E-state index in [1.807, 2.05) is 12.1 Å². The first kappa shape index (κ1) is 16.5. The lowest BCUT2D eigenvalue weighted by molar-refractivity contribution is -0.114. The highest BCUT2D eigenvalue weighted by molar-refractivity contribution is 8.27. The summed E-state index contributed by atoms with van der Waals surface area (Å²) in [4.78, 5) is 16.5. The first-order valence-electron chi connectivity index (χ1n) is 8.37. The van der Waals surface area contributed by atoms with Gasteiger partial charge in [0.1, 0.15) is 5.04 Å². The van der Waals surface area contributed by atoms with Crippen LogP contribution in [0.3, 0.4) is 0 Å². The Kier molecular flexibility index (Phi) is 4.48. The molecule has 0 bridgehead atoms. The number of fused-ring (bicyclic) bond motifs is 1. The zero-order chi connectivity index (χ0) is 17.4. The molecule has 1 aromatic rings. The molecule has 0 saturated heterocycles. The molecular weight excluding hydrogens is 356 g/mol. The number of halogens is 1. The minimum atomic E-state index is -0.390. The van der Waals surface area contributed by atoms with E-state index in [0.717, 1.165) is 23.4 Å². The normalized spacial score (nSPS) is 22.9. The van der Waals surface area contributed by atoms with Crippen molar-refractivity contribution >= 4 is 51.4 Å². The molecule has 7 heteroatoms. The number of aliphatic imine (C=N–C) groups is 1. The van der Waals surface area contributed by atoms with Crippen molar-refractivity contribution in [3.8, 4) is 0 Å². The first-order chi connectivity index (χ1) is 12.1. The van der Waals surface area contributed by atoms with Crippen molar-refractivity contribution in [1.29, 1.82) is 5.41 Å². The van der Waals surface area contributed by atoms with Gasteiger partial charge in [0.2, 0.25) is 5.17 Å². The van der Waals surface area contributed by atoms with Gasteiger partial charge in [0.15, 0.2) is 5.84 Å². The molecule has 4 rings (SSSR count). The van der Waals surface area contributed by atoms with Crippen LogP contribution < -0.4 is 0 Å². The highest BCUT2D eigenvalue weighted by atomic mass is 35.5. The number of thioether (sulfide) groups is 1. The summed E-state index contributed by atoms with van der Waals surface area (Å²) in [5.74, 6) is 0.126. The lowest BCUT2D eigenvalue weighted by Gasteiger charge is -2.20. The predicted molar refractivity (Wildman–Crippen MR) is 103 cm³/mol. The SMILES string of the molecule is N=C1/C(=C/c2ccc(Cl)cc2)C(=O)N=C2SC(C3CCCCC3)=NN12. The first-order valence-corrected chi connectivity index (χ1v) is 9.57. The summed E-state index contributed by atoms with van der Waals surface area (Å²) in [6.45, 7) is 0. The van der Waals surface area contributed by atoms with E-state index < -0.39 is 5.91 Å². The van der Waals surface area contributed by atoms with Crippen molar-refractivity contribution in [3.05, 3.63) is 40.4 Å². The van der Waals surface area contributed by atoms with Crippen molar-refractivity contribution in [2.75, 3.05) is 0 Å². The van der Waals surface area contributed by atoms with Crippen LogP contribution in [0.5, 0.6) is 0 Å². The van der Waals surface area contributed by atoms with Gasteiger partial charge >= 0.3 is 0 Å². The number of hydrazone groups is 1. The smallest absolute Gasteiger partial charge is 0.282 e. The van der Waals surface area contributed by atoms with Gasteiger partial charge in [-0.3, -0.25) is 10.2 Å². The maximum absolute atomic E-state index is 12.4. The Balaban J connectivity index is 1.62. The number of hydrogen-bond donors (Lipinski definition) is 1. The van der Waals surface area contributed by atoms with Crippen LogP contribution in [-0.4, -0.2) is 27.0 Å². The van der Waals surface area contributed by atoms with E-state index in [1.54, 1.807) is 18.2 Å². The maximum atomic E-state index is 12.4. The van der Waals surface area contributed by atoms with Crippen LogP contribution in [0.2, 0.25) is 5.02 Å². The molecule has 0 aromatic heterocycles. The molecule has 0 unspecified atom stereocenters. The Morgan fingerprint density at radius 3 is 2.64 bits per heavy atom. The van der Waals surface area contributed by atoms with Gasteiger partial charge < -0.3 is 0 Å². The van der Waals surface area contributed by atoms with E-state index in [2.05, 4.69) is 10.1 Å². The van der Waals surface area contributed by atoms with Crippen LogP contribution in [0.1, 0.15) is 37.7 Å².